The highest BCUT2D eigenvalue weighted by Gasteiger charge is 2.32. The average Bonchev–Trinajstić information content (AvgIpc) is 2.86. The largest absolute Gasteiger partial charge is 0.456 e. The molecule has 1 N–H and O–H groups in total. The standard InChI is InChI=1S/C17H19ClN2O2.ClH/c1-11-9-12(2)22-16(11)17(21)20-8-7-19-10-15(20)13-5-3-4-6-14(13)18;/h3-6,9,15,19H,7-8,10H2,1-2H3;1H. The topological polar surface area (TPSA) is 45.5 Å². The number of hydrogen-bond donors (Lipinski definition) is 1. The third-order valence-electron chi connectivity index (χ3n) is 4.00. The van der Waals surface area contributed by atoms with Crippen LogP contribution in [0.3, 0.4) is 0 Å². The molecule has 1 aliphatic rings. The van der Waals surface area contributed by atoms with Gasteiger partial charge >= 0.3 is 0 Å². The molecular formula is C17H20Cl2N2O2. The van der Waals surface area contributed by atoms with Crippen LogP contribution in [0.5, 0.6) is 0 Å². The first-order valence-electron chi connectivity index (χ1n) is 7.41. The minimum atomic E-state index is -0.0836. The second-order valence-electron chi connectivity index (χ2n) is 5.61. The van der Waals surface area contributed by atoms with Crippen molar-refractivity contribution in [2.45, 2.75) is 19.9 Å². The van der Waals surface area contributed by atoms with Crippen LogP contribution >= 0.6 is 24.0 Å². The second-order valence-corrected chi connectivity index (χ2v) is 6.02. The molecule has 0 aliphatic carbocycles. The fourth-order valence-electron chi connectivity index (χ4n) is 2.95. The summed E-state index contributed by atoms with van der Waals surface area (Å²) in [6.07, 6.45) is 0. The number of aryl methyl sites for hydroxylation is 2. The van der Waals surface area contributed by atoms with Gasteiger partial charge in [-0.2, -0.15) is 0 Å². The lowest BCUT2D eigenvalue weighted by molar-refractivity contribution is 0.0599. The van der Waals surface area contributed by atoms with Gasteiger partial charge < -0.3 is 14.6 Å². The molecule has 1 aromatic carbocycles. The van der Waals surface area contributed by atoms with Crippen LogP contribution in [0.2, 0.25) is 5.02 Å². The molecule has 6 heteroatoms. The van der Waals surface area contributed by atoms with Crippen molar-refractivity contribution in [3.63, 3.8) is 0 Å². The van der Waals surface area contributed by atoms with E-state index in [4.69, 9.17) is 16.0 Å². The molecule has 3 rings (SSSR count). The monoisotopic (exact) mass is 354 g/mol. The molecule has 2 heterocycles. The van der Waals surface area contributed by atoms with Gasteiger partial charge in [-0.25, -0.2) is 0 Å². The molecule has 0 saturated carbocycles. The molecule has 0 bridgehead atoms. The Morgan fingerprint density at radius 3 is 2.74 bits per heavy atom. The van der Waals surface area contributed by atoms with Crippen molar-refractivity contribution in [1.82, 2.24) is 10.2 Å². The molecule has 1 aliphatic heterocycles. The predicted molar refractivity (Wildman–Crippen MR) is 93.5 cm³/mol. The van der Waals surface area contributed by atoms with E-state index in [1.807, 2.05) is 49.1 Å². The highest BCUT2D eigenvalue weighted by Crippen LogP contribution is 2.30. The summed E-state index contributed by atoms with van der Waals surface area (Å²) in [5, 5.41) is 4.02. The van der Waals surface area contributed by atoms with Crippen LogP contribution in [0.25, 0.3) is 0 Å². The molecule has 1 atom stereocenters. The zero-order valence-electron chi connectivity index (χ0n) is 13.1. The van der Waals surface area contributed by atoms with Crippen LogP contribution in [0.4, 0.5) is 0 Å². The molecule has 1 unspecified atom stereocenters. The molecule has 2 aromatic rings. The maximum atomic E-state index is 12.9. The minimum absolute atomic E-state index is 0. The first kappa shape index (κ1) is 17.9. The fraction of sp³-hybridized carbons (Fsp3) is 0.353. The molecule has 1 fully saturated rings. The van der Waals surface area contributed by atoms with E-state index in [1.165, 1.54) is 0 Å². The van der Waals surface area contributed by atoms with Crippen molar-refractivity contribution in [2.24, 2.45) is 0 Å². The summed E-state index contributed by atoms with van der Waals surface area (Å²) in [4.78, 5) is 14.7. The highest BCUT2D eigenvalue weighted by atomic mass is 35.5. The summed E-state index contributed by atoms with van der Waals surface area (Å²) >= 11 is 6.32. The molecule has 23 heavy (non-hydrogen) atoms. The molecule has 1 aromatic heterocycles. The molecule has 0 radical (unpaired) electrons. The predicted octanol–water partition coefficient (Wildman–Crippen LogP) is 3.76. The van der Waals surface area contributed by atoms with Gasteiger partial charge in [-0.3, -0.25) is 4.79 Å². The Kier molecular flexibility index (Phi) is 5.74. The number of carbonyl (C=O) groups is 1. The Balaban J connectivity index is 0.00000192. The Morgan fingerprint density at radius 2 is 2.09 bits per heavy atom. The van der Waals surface area contributed by atoms with E-state index in [9.17, 15) is 4.79 Å². The van der Waals surface area contributed by atoms with E-state index in [0.29, 0.717) is 23.9 Å². The number of amides is 1. The van der Waals surface area contributed by atoms with Gasteiger partial charge in [0.1, 0.15) is 5.76 Å². The summed E-state index contributed by atoms with van der Waals surface area (Å²) in [6, 6.07) is 9.48. The number of rotatable bonds is 2. The summed E-state index contributed by atoms with van der Waals surface area (Å²) in [5.74, 6) is 1.11. The van der Waals surface area contributed by atoms with Gasteiger partial charge in [-0.05, 0) is 31.5 Å². The molecular weight excluding hydrogens is 335 g/mol. The van der Waals surface area contributed by atoms with Crippen molar-refractivity contribution >= 4 is 29.9 Å². The number of nitrogens with one attached hydrogen (secondary N) is 1. The third-order valence-corrected chi connectivity index (χ3v) is 4.35. The first-order valence-corrected chi connectivity index (χ1v) is 7.79. The van der Waals surface area contributed by atoms with Crippen LogP contribution in [-0.2, 0) is 0 Å². The van der Waals surface area contributed by atoms with Crippen LogP contribution in [0.15, 0.2) is 34.7 Å². The lowest BCUT2D eigenvalue weighted by atomic mass is 10.0. The SMILES string of the molecule is Cc1cc(C)c(C(=O)N2CCNCC2c2ccccc2Cl)o1.Cl. The molecule has 1 amide bonds. The zero-order chi connectivity index (χ0) is 15.7. The van der Waals surface area contributed by atoms with Crippen LogP contribution in [0.1, 0.15) is 33.5 Å². The molecule has 4 nitrogen and oxygen atoms in total. The van der Waals surface area contributed by atoms with Crippen LogP contribution in [-0.4, -0.2) is 30.4 Å². The Bertz CT molecular complexity index is 700. The average molecular weight is 355 g/mol. The Labute approximate surface area is 147 Å². The summed E-state index contributed by atoms with van der Waals surface area (Å²) < 4.78 is 5.60. The lowest BCUT2D eigenvalue weighted by Crippen LogP contribution is -2.48. The Hall–Kier alpha value is -1.49. The normalized spacial score (nSPS) is 17.7. The van der Waals surface area contributed by atoms with Gasteiger partial charge in [0.15, 0.2) is 5.76 Å². The van der Waals surface area contributed by atoms with E-state index in [1.54, 1.807) is 0 Å². The number of benzene rings is 1. The van der Waals surface area contributed by atoms with Crippen molar-refractivity contribution < 1.29 is 9.21 Å². The van der Waals surface area contributed by atoms with E-state index >= 15 is 0 Å². The van der Waals surface area contributed by atoms with Gasteiger partial charge in [0.25, 0.3) is 5.91 Å². The summed E-state index contributed by atoms with van der Waals surface area (Å²) in [7, 11) is 0. The van der Waals surface area contributed by atoms with Crippen molar-refractivity contribution in [3.8, 4) is 0 Å². The number of nitrogens with zero attached hydrogens (tertiary/aromatic N) is 1. The number of halogens is 2. The maximum absolute atomic E-state index is 12.9. The fourth-order valence-corrected chi connectivity index (χ4v) is 3.22. The van der Waals surface area contributed by atoms with Gasteiger partial charge in [0.2, 0.25) is 0 Å². The van der Waals surface area contributed by atoms with Crippen LogP contribution in [0, 0.1) is 13.8 Å². The van der Waals surface area contributed by atoms with Crippen molar-refractivity contribution in [1.29, 1.82) is 0 Å². The van der Waals surface area contributed by atoms with E-state index in [-0.39, 0.29) is 24.4 Å². The number of furan rings is 1. The second kappa shape index (κ2) is 7.39. The number of piperazine rings is 1. The molecule has 0 spiro atoms. The minimum Gasteiger partial charge on any atom is -0.456 e. The van der Waals surface area contributed by atoms with Gasteiger partial charge in [0, 0.05) is 30.2 Å². The Morgan fingerprint density at radius 1 is 1.35 bits per heavy atom. The summed E-state index contributed by atoms with van der Waals surface area (Å²) in [5.41, 5.74) is 1.84. The maximum Gasteiger partial charge on any atom is 0.290 e. The van der Waals surface area contributed by atoms with Gasteiger partial charge in [0.05, 0.1) is 6.04 Å². The molecule has 1 saturated heterocycles. The highest BCUT2D eigenvalue weighted by molar-refractivity contribution is 6.31. The molecule has 124 valence electrons. The lowest BCUT2D eigenvalue weighted by Gasteiger charge is -2.36. The van der Waals surface area contributed by atoms with Crippen LogP contribution < -0.4 is 5.32 Å². The van der Waals surface area contributed by atoms with Crippen molar-refractivity contribution in [3.05, 3.63) is 58.0 Å². The third kappa shape index (κ3) is 3.55. The summed E-state index contributed by atoms with van der Waals surface area (Å²) in [6.45, 7) is 5.84. The number of hydrogen-bond acceptors (Lipinski definition) is 3. The van der Waals surface area contributed by atoms with E-state index < -0.39 is 0 Å². The zero-order valence-corrected chi connectivity index (χ0v) is 14.7. The smallest absolute Gasteiger partial charge is 0.290 e. The van der Waals surface area contributed by atoms with E-state index in [0.717, 1.165) is 23.4 Å². The van der Waals surface area contributed by atoms with Gasteiger partial charge in [-0.15, -0.1) is 12.4 Å². The van der Waals surface area contributed by atoms with Crippen molar-refractivity contribution in [2.75, 3.05) is 19.6 Å². The first-order chi connectivity index (χ1) is 10.6. The van der Waals surface area contributed by atoms with E-state index in [2.05, 4.69) is 5.32 Å². The quantitative estimate of drug-likeness (QED) is 0.892. The number of carbonyl (C=O) groups excluding carboxylic acids is 1. The van der Waals surface area contributed by atoms with Gasteiger partial charge in [-0.1, -0.05) is 29.8 Å².